The van der Waals surface area contributed by atoms with Crippen molar-refractivity contribution in [1.82, 2.24) is 0 Å². The van der Waals surface area contributed by atoms with Crippen molar-refractivity contribution in [2.24, 2.45) is 5.92 Å². The van der Waals surface area contributed by atoms with Crippen LogP contribution in [0.5, 0.6) is 0 Å². The molecular formula is C23H28N2O2S. The number of carbonyl (C=O) groups excluding carboxylic acids is 2. The van der Waals surface area contributed by atoms with Crippen LogP contribution >= 0.6 is 11.8 Å². The maximum Gasteiger partial charge on any atom is 0.237 e. The molecular weight excluding hydrogens is 368 g/mol. The molecule has 2 amide bonds. The third kappa shape index (κ3) is 5.61. The number of nitrogens with one attached hydrogen (secondary N) is 2. The molecule has 148 valence electrons. The predicted octanol–water partition coefficient (Wildman–Crippen LogP) is 5.67. The smallest absolute Gasteiger partial charge is 0.237 e. The van der Waals surface area contributed by atoms with Gasteiger partial charge in [0.1, 0.15) is 0 Å². The van der Waals surface area contributed by atoms with Gasteiger partial charge in [0.05, 0.1) is 5.25 Å². The summed E-state index contributed by atoms with van der Waals surface area (Å²) in [6.45, 7) is 6.31. The molecule has 1 atom stereocenters. The van der Waals surface area contributed by atoms with Crippen molar-refractivity contribution in [3.8, 4) is 0 Å². The first-order valence-electron chi connectivity index (χ1n) is 9.94. The Bertz CT molecular complexity index is 829. The van der Waals surface area contributed by atoms with Gasteiger partial charge in [-0.2, -0.15) is 0 Å². The van der Waals surface area contributed by atoms with E-state index < -0.39 is 0 Å². The average molecular weight is 397 g/mol. The average Bonchev–Trinajstić information content (AvgIpc) is 3.52. The summed E-state index contributed by atoms with van der Waals surface area (Å²) in [6, 6.07) is 15.8. The van der Waals surface area contributed by atoms with E-state index in [4.69, 9.17) is 0 Å². The molecule has 2 aromatic rings. The second kappa shape index (κ2) is 9.28. The summed E-state index contributed by atoms with van der Waals surface area (Å²) in [5.41, 5.74) is 2.87. The van der Waals surface area contributed by atoms with Crippen LogP contribution in [-0.4, -0.2) is 17.1 Å². The molecule has 28 heavy (non-hydrogen) atoms. The van der Waals surface area contributed by atoms with Crippen LogP contribution < -0.4 is 10.6 Å². The molecule has 0 radical (unpaired) electrons. The van der Waals surface area contributed by atoms with Crippen LogP contribution in [-0.2, 0) is 9.59 Å². The summed E-state index contributed by atoms with van der Waals surface area (Å²) in [6.07, 6.45) is 2.69. The van der Waals surface area contributed by atoms with Crippen LogP contribution in [0.25, 0.3) is 0 Å². The van der Waals surface area contributed by atoms with Crippen LogP contribution in [0.15, 0.2) is 53.4 Å². The number of amides is 2. The fourth-order valence-corrected chi connectivity index (χ4v) is 3.91. The highest BCUT2D eigenvalue weighted by atomic mass is 32.2. The third-order valence-electron chi connectivity index (χ3n) is 4.84. The SMILES string of the molecule is CCC(Sc1cccc(NC(=O)C2CC2)c1)C(=O)Nc1ccc(C(C)C)cc1. The minimum atomic E-state index is -0.195. The summed E-state index contributed by atoms with van der Waals surface area (Å²) < 4.78 is 0. The lowest BCUT2D eigenvalue weighted by Gasteiger charge is -2.16. The molecule has 0 heterocycles. The predicted molar refractivity (Wildman–Crippen MR) is 117 cm³/mol. The monoisotopic (exact) mass is 396 g/mol. The Labute approximate surface area is 171 Å². The fourth-order valence-electron chi connectivity index (χ4n) is 2.90. The maximum absolute atomic E-state index is 12.7. The highest BCUT2D eigenvalue weighted by Gasteiger charge is 2.29. The number of hydrogen-bond donors (Lipinski definition) is 2. The number of hydrogen-bond acceptors (Lipinski definition) is 3. The molecule has 2 aromatic carbocycles. The van der Waals surface area contributed by atoms with Crippen LogP contribution in [0.1, 0.15) is 51.5 Å². The Morgan fingerprint density at radius 1 is 1.04 bits per heavy atom. The van der Waals surface area contributed by atoms with Crippen molar-refractivity contribution in [3.63, 3.8) is 0 Å². The lowest BCUT2D eigenvalue weighted by atomic mass is 10.0. The van der Waals surface area contributed by atoms with E-state index in [0.717, 1.165) is 35.5 Å². The Morgan fingerprint density at radius 2 is 1.75 bits per heavy atom. The molecule has 0 spiro atoms. The van der Waals surface area contributed by atoms with Crippen molar-refractivity contribution >= 4 is 35.0 Å². The number of rotatable bonds is 8. The van der Waals surface area contributed by atoms with Gasteiger partial charge >= 0.3 is 0 Å². The van der Waals surface area contributed by atoms with E-state index in [9.17, 15) is 9.59 Å². The van der Waals surface area contributed by atoms with E-state index in [0.29, 0.717) is 5.92 Å². The van der Waals surface area contributed by atoms with Gasteiger partial charge in [-0.3, -0.25) is 9.59 Å². The summed E-state index contributed by atoms with van der Waals surface area (Å²) >= 11 is 1.53. The Kier molecular flexibility index (Phi) is 6.79. The lowest BCUT2D eigenvalue weighted by molar-refractivity contribution is -0.117. The van der Waals surface area contributed by atoms with Crippen molar-refractivity contribution in [2.75, 3.05) is 10.6 Å². The van der Waals surface area contributed by atoms with E-state index in [1.54, 1.807) is 0 Å². The van der Waals surface area contributed by atoms with Crippen LogP contribution in [0.2, 0.25) is 0 Å². The number of carbonyl (C=O) groups is 2. The van der Waals surface area contributed by atoms with Gasteiger partial charge in [0, 0.05) is 22.2 Å². The highest BCUT2D eigenvalue weighted by Crippen LogP contribution is 2.32. The lowest BCUT2D eigenvalue weighted by Crippen LogP contribution is -2.24. The summed E-state index contributed by atoms with van der Waals surface area (Å²) in [5, 5.41) is 5.79. The van der Waals surface area contributed by atoms with Crippen molar-refractivity contribution in [1.29, 1.82) is 0 Å². The second-order valence-electron chi connectivity index (χ2n) is 7.57. The highest BCUT2D eigenvalue weighted by molar-refractivity contribution is 8.00. The van der Waals surface area contributed by atoms with Gasteiger partial charge in [-0.05, 0) is 61.1 Å². The molecule has 1 saturated carbocycles. The Balaban J connectivity index is 1.61. The molecule has 1 unspecified atom stereocenters. The van der Waals surface area contributed by atoms with E-state index >= 15 is 0 Å². The van der Waals surface area contributed by atoms with Gasteiger partial charge in [-0.25, -0.2) is 0 Å². The van der Waals surface area contributed by atoms with Gasteiger partial charge in [-0.1, -0.05) is 39.0 Å². The Hall–Kier alpha value is -2.27. The van der Waals surface area contributed by atoms with Gasteiger partial charge in [-0.15, -0.1) is 11.8 Å². The minimum absolute atomic E-state index is 0.00258. The largest absolute Gasteiger partial charge is 0.326 e. The first-order chi connectivity index (χ1) is 13.5. The molecule has 0 aliphatic heterocycles. The summed E-state index contributed by atoms with van der Waals surface area (Å²) in [4.78, 5) is 25.7. The van der Waals surface area contributed by atoms with E-state index in [1.165, 1.54) is 17.3 Å². The van der Waals surface area contributed by atoms with E-state index in [-0.39, 0.29) is 23.0 Å². The maximum atomic E-state index is 12.7. The zero-order chi connectivity index (χ0) is 20.1. The zero-order valence-corrected chi connectivity index (χ0v) is 17.5. The summed E-state index contributed by atoms with van der Waals surface area (Å²) in [5.74, 6) is 0.734. The molecule has 0 saturated heterocycles. The first kappa shape index (κ1) is 20.5. The molecule has 1 fully saturated rings. The number of anilines is 2. The van der Waals surface area contributed by atoms with Gasteiger partial charge < -0.3 is 10.6 Å². The number of benzene rings is 2. The zero-order valence-electron chi connectivity index (χ0n) is 16.7. The van der Waals surface area contributed by atoms with Crippen molar-refractivity contribution in [2.45, 2.75) is 56.1 Å². The molecule has 4 nitrogen and oxygen atoms in total. The normalized spacial score (nSPS) is 14.6. The van der Waals surface area contributed by atoms with E-state index in [1.807, 2.05) is 43.3 Å². The number of thioether (sulfide) groups is 1. The van der Waals surface area contributed by atoms with Crippen LogP contribution in [0.3, 0.4) is 0 Å². The third-order valence-corrected chi connectivity index (χ3v) is 6.19. The molecule has 0 bridgehead atoms. The molecule has 3 rings (SSSR count). The van der Waals surface area contributed by atoms with Crippen molar-refractivity contribution in [3.05, 3.63) is 54.1 Å². The fraction of sp³-hybridized carbons (Fsp3) is 0.391. The first-order valence-corrected chi connectivity index (χ1v) is 10.8. The molecule has 1 aliphatic carbocycles. The van der Waals surface area contributed by atoms with Crippen LogP contribution in [0.4, 0.5) is 11.4 Å². The Morgan fingerprint density at radius 3 is 2.36 bits per heavy atom. The topological polar surface area (TPSA) is 58.2 Å². The van der Waals surface area contributed by atoms with Gasteiger partial charge in [0.25, 0.3) is 0 Å². The molecule has 1 aliphatic rings. The van der Waals surface area contributed by atoms with E-state index in [2.05, 4.69) is 36.6 Å². The molecule has 2 N–H and O–H groups in total. The van der Waals surface area contributed by atoms with Crippen molar-refractivity contribution < 1.29 is 9.59 Å². The molecule has 5 heteroatoms. The van der Waals surface area contributed by atoms with Crippen LogP contribution in [0, 0.1) is 5.92 Å². The summed E-state index contributed by atoms with van der Waals surface area (Å²) in [7, 11) is 0. The van der Waals surface area contributed by atoms with Gasteiger partial charge in [0.15, 0.2) is 0 Å². The standard InChI is InChI=1S/C23H28N2O2S/c1-4-21(23(27)24-18-12-10-16(11-13-18)15(2)3)28-20-7-5-6-19(14-20)25-22(26)17-8-9-17/h5-7,10-15,17,21H,4,8-9H2,1-3H3,(H,24,27)(H,25,26). The second-order valence-corrected chi connectivity index (χ2v) is 8.85. The molecule has 0 aromatic heterocycles. The quantitative estimate of drug-likeness (QED) is 0.565. The van der Waals surface area contributed by atoms with Gasteiger partial charge in [0.2, 0.25) is 11.8 Å². The minimum Gasteiger partial charge on any atom is -0.326 e.